The molecule has 26 heavy (non-hydrogen) atoms. The van der Waals surface area contributed by atoms with Crippen LogP contribution in [0.2, 0.25) is 0 Å². The fourth-order valence-electron chi connectivity index (χ4n) is 2.15. The van der Waals surface area contributed by atoms with Crippen molar-refractivity contribution in [1.82, 2.24) is 0 Å². The Labute approximate surface area is 157 Å². The molecule has 0 radical (unpaired) electrons. The molecule has 0 fully saturated rings. The lowest BCUT2D eigenvalue weighted by molar-refractivity contribution is -0.384. The van der Waals surface area contributed by atoms with Crippen molar-refractivity contribution in [3.05, 3.63) is 62.6 Å². The molecule has 2 aromatic carbocycles. The zero-order valence-corrected chi connectivity index (χ0v) is 15.4. The molecule has 0 bridgehead atoms. The molecule has 1 amide bonds. The lowest BCUT2D eigenvalue weighted by Crippen LogP contribution is -2.17. The number of ether oxygens (including phenoxy) is 1. The molecule has 0 saturated carbocycles. The molecule has 0 atom stereocenters. The van der Waals surface area contributed by atoms with Gasteiger partial charge in [0.1, 0.15) is 0 Å². The van der Waals surface area contributed by atoms with E-state index < -0.39 is 10.9 Å². The molecular weight excluding hydrogens is 406 g/mol. The number of nitro groups is 1. The Bertz CT molecular complexity index is 824. The zero-order valence-electron chi connectivity index (χ0n) is 13.8. The Hall–Kier alpha value is -2.94. The van der Waals surface area contributed by atoms with Crippen molar-refractivity contribution in [1.29, 1.82) is 0 Å². The van der Waals surface area contributed by atoms with Crippen molar-refractivity contribution in [3.63, 3.8) is 0 Å². The minimum absolute atomic E-state index is 0.0371. The number of benzene rings is 2. The summed E-state index contributed by atoms with van der Waals surface area (Å²) < 4.78 is 5.55. The Morgan fingerprint density at radius 1 is 1.19 bits per heavy atom. The van der Waals surface area contributed by atoms with Gasteiger partial charge in [-0.15, -0.1) is 0 Å². The normalized spacial score (nSPS) is 10.1. The number of non-ortho nitro benzene ring substituents is 1. The third-order valence-electron chi connectivity index (χ3n) is 3.41. The smallest absolute Gasteiger partial charge is 0.340 e. The summed E-state index contributed by atoms with van der Waals surface area (Å²) in [7, 11) is 1.19. The zero-order chi connectivity index (χ0) is 19.1. The van der Waals surface area contributed by atoms with Crippen LogP contribution in [0.25, 0.3) is 0 Å². The summed E-state index contributed by atoms with van der Waals surface area (Å²) in [6, 6.07) is 11.0. The van der Waals surface area contributed by atoms with Crippen molar-refractivity contribution >= 4 is 44.9 Å². The predicted octanol–water partition coefficient (Wildman–Crippen LogP) is 3.58. The number of halogens is 1. The summed E-state index contributed by atoms with van der Waals surface area (Å²) in [5.41, 5.74) is 0.849. The fourth-order valence-corrected chi connectivity index (χ4v) is 2.41. The van der Waals surface area contributed by atoms with E-state index in [0.717, 1.165) is 10.5 Å². The summed E-state index contributed by atoms with van der Waals surface area (Å²) >= 11 is 3.32. The van der Waals surface area contributed by atoms with Crippen molar-refractivity contribution in [2.45, 2.75) is 6.42 Å². The van der Waals surface area contributed by atoms with Crippen LogP contribution in [0.1, 0.15) is 16.8 Å². The molecule has 0 aliphatic rings. The number of nitrogens with zero attached hydrogens (tertiary/aromatic N) is 1. The highest BCUT2D eigenvalue weighted by Gasteiger charge is 2.17. The topological polar surface area (TPSA) is 111 Å². The van der Waals surface area contributed by atoms with Gasteiger partial charge in [-0.2, -0.15) is 0 Å². The number of anilines is 2. The third kappa shape index (κ3) is 5.28. The molecule has 0 spiro atoms. The number of carbonyl (C=O) groups is 2. The molecule has 8 nitrogen and oxygen atoms in total. The Balaban J connectivity index is 1.97. The van der Waals surface area contributed by atoms with Gasteiger partial charge in [0.2, 0.25) is 5.91 Å². The number of amides is 1. The fraction of sp³-hybridized carbons (Fsp3) is 0.176. The Kier molecular flexibility index (Phi) is 6.67. The van der Waals surface area contributed by atoms with Gasteiger partial charge < -0.3 is 15.4 Å². The molecule has 2 aromatic rings. The number of esters is 1. The maximum atomic E-state index is 12.0. The van der Waals surface area contributed by atoms with Gasteiger partial charge >= 0.3 is 5.97 Å². The average molecular weight is 422 g/mol. The van der Waals surface area contributed by atoms with E-state index in [1.54, 1.807) is 12.1 Å². The van der Waals surface area contributed by atoms with Gasteiger partial charge in [0.25, 0.3) is 5.69 Å². The molecule has 2 rings (SSSR count). The standard InChI is InChI=1S/C17H16BrN3O5/c1-26-17(23)14-10-13(21(24)25)6-7-15(14)19-9-8-16(22)20-12-4-2-11(18)3-5-12/h2-7,10,19H,8-9H2,1H3,(H,20,22). The van der Waals surface area contributed by atoms with Gasteiger partial charge in [0.15, 0.2) is 0 Å². The van der Waals surface area contributed by atoms with Gasteiger partial charge in [-0.25, -0.2) is 4.79 Å². The highest BCUT2D eigenvalue weighted by atomic mass is 79.9. The number of carbonyl (C=O) groups excluding carboxylic acids is 2. The summed E-state index contributed by atoms with van der Waals surface area (Å²) in [5.74, 6) is -0.906. The van der Waals surface area contributed by atoms with E-state index in [4.69, 9.17) is 0 Å². The summed E-state index contributed by atoms with van der Waals surface area (Å²) in [5, 5.41) is 16.5. The van der Waals surface area contributed by atoms with Crippen LogP contribution in [-0.2, 0) is 9.53 Å². The quantitative estimate of drug-likeness (QED) is 0.401. The maximum absolute atomic E-state index is 12.0. The number of nitro benzene ring substituents is 1. The SMILES string of the molecule is COC(=O)c1cc([N+](=O)[O-])ccc1NCCC(=O)Nc1ccc(Br)cc1. The van der Waals surface area contributed by atoms with Crippen molar-refractivity contribution in [3.8, 4) is 0 Å². The van der Waals surface area contributed by atoms with Gasteiger partial charge in [-0.05, 0) is 30.3 Å². The molecule has 0 heterocycles. The third-order valence-corrected chi connectivity index (χ3v) is 3.94. The Morgan fingerprint density at radius 3 is 2.50 bits per heavy atom. The minimum Gasteiger partial charge on any atom is -0.465 e. The first-order chi connectivity index (χ1) is 12.4. The first-order valence-electron chi connectivity index (χ1n) is 7.56. The molecule has 0 aliphatic carbocycles. The van der Waals surface area contributed by atoms with Crippen LogP contribution in [-0.4, -0.2) is 30.5 Å². The lowest BCUT2D eigenvalue weighted by atomic mass is 10.1. The van der Waals surface area contributed by atoms with Gasteiger partial charge in [0.05, 0.1) is 17.6 Å². The van der Waals surface area contributed by atoms with Crippen LogP contribution in [0.15, 0.2) is 46.9 Å². The molecule has 0 aliphatic heterocycles. The number of methoxy groups -OCH3 is 1. The second-order valence-electron chi connectivity index (χ2n) is 5.21. The van der Waals surface area contributed by atoms with Crippen LogP contribution >= 0.6 is 15.9 Å². The molecule has 0 aromatic heterocycles. The van der Waals surface area contributed by atoms with Crippen LogP contribution in [0, 0.1) is 10.1 Å². The summed E-state index contributed by atoms with van der Waals surface area (Å²) in [6.45, 7) is 0.240. The van der Waals surface area contributed by atoms with Gasteiger partial charge in [-0.3, -0.25) is 14.9 Å². The highest BCUT2D eigenvalue weighted by Crippen LogP contribution is 2.23. The molecule has 9 heteroatoms. The monoisotopic (exact) mass is 421 g/mol. The van der Waals surface area contributed by atoms with Crippen LogP contribution in [0.3, 0.4) is 0 Å². The van der Waals surface area contributed by atoms with Crippen LogP contribution in [0.4, 0.5) is 17.1 Å². The number of rotatable bonds is 7. The number of nitrogens with one attached hydrogen (secondary N) is 2. The minimum atomic E-state index is -0.699. The van der Waals surface area contributed by atoms with Gasteiger partial charge in [0, 0.05) is 40.9 Å². The van der Waals surface area contributed by atoms with Crippen molar-refractivity contribution < 1.29 is 19.2 Å². The van der Waals surface area contributed by atoms with E-state index in [0.29, 0.717) is 11.4 Å². The number of hydrogen-bond donors (Lipinski definition) is 2. The highest BCUT2D eigenvalue weighted by molar-refractivity contribution is 9.10. The molecule has 136 valence electrons. The first-order valence-corrected chi connectivity index (χ1v) is 8.36. The molecular formula is C17H16BrN3O5. The second kappa shape index (κ2) is 8.95. The van der Waals surface area contributed by atoms with Crippen LogP contribution < -0.4 is 10.6 Å². The first kappa shape index (κ1) is 19.4. The van der Waals surface area contributed by atoms with Crippen LogP contribution in [0.5, 0.6) is 0 Å². The van der Waals surface area contributed by atoms with E-state index in [-0.39, 0.29) is 30.1 Å². The van der Waals surface area contributed by atoms with E-state index in [9.17, 15) is 19.7 Å². The lowest BCUT2D eigenvalue weighted by Gasteiger charge is -2.11. The second-order valence-corrected chi connectivity index (χ2v) is 6.13. The largest absolute Gasteiger partial charge is 0.465 e. The molecule has 2 N–H and O–H groups in total. The van der Waals surface area contributed by atoms with Crippen molar-refractivity contribution in [2.24, 2.45) is 0 Å². The summed E-state index contributed by atoms with van der Waals surface area (Å²) in [4.78, 5) is 34.0. The Morgan fingerprint density at radius 2 is 1.88 bits per heavy atom. The van der Waals surface area contributed by atoms with E-state index in [1.807, 2.05) is 12.1 Å². The maximum Gasteiger partial charge on any atom is 0.340 e. The van der Waals surface area contributed by atoms with E-state index in [1.165, 1.54) is 19.2 Å². The molecule has 0 saturated heterocycles. The predicted molar refractivity (Wildman–Crippen MR) is 100 cm³/mol. The summed E-state index contributed by atoms with van der Waals surface area (Å²) in [6.07, 6.45) is 0.146. The average Bonchev–Trinajstić information content (AvgIpc) is 2.63. The van der Waals surface area contributed by atoms with E-state index >= 15 is 0 Å². The van der Waals surface area contributed by atoms with Crippen molar-refractivity contribution in [2.75, 3.05) is 24.3 Å². The molecule has 0 unspecified atom stereocenters. The van der Waals surface area contributed by atoms with E-state index in [2.05, 4.69) is 31.3 Å². The number of hydrogen-bond acceptors (Lipinski definition) is 6. The van der Waals surface area contributed by atoms with Gasteiger partial charge in [-0.1, -0.05) is 15.9 Å².